The van der Waals surface area contributed by atoms with E-state index in [9.17, 15) is 9.90 Å². The van der Waals surface area contributed by atoms with E-state index in [1.165, 1.54) is 16.5 Å². The third kappa shape index (κ3) is 4.13. The van der Waals surface area contributed by atoms with Crippen molar-refractivity contribution in [3.05, 3.63) is 41.7 Å². The lowest BCUT2D eigenvalue weighted by molar-refractivity contribution is -0.116. The molecule has 0 aromatic heterocycles. The molecule has 0 saturated carbocycles. The average molecular weight is 276 g/mol. The van der Waals surface area contributed by atoms with Crippen LogP contribution in [0.15, 0.2) is 41.0 Å². The van der Waals surface area contributed by atoms with E-state index in [1.54, 1.807) is 0 Å². The molecule has 0 bridgehead atoms. The predicted octanol–water partition coefficient (Wildman–Crippen LogP) is 4.14. The Morgan fingerprint density at radius 3 is 2.63 bits per heavy atom. The van der Waals surface area contributed by atoms with E-state index in [-0.39, 0.29) is 17.5 Å². The summed E-state index contributed by atoms with van der Waals surface area (Å²) in [5.41, 5.74) is 1.27. The summed E-state index contributed by atoms with van der Waals surface area (Å²) < 4.78 is 0. The topological polar surface area (TPSA) is 37.3 Å². The zero-order chi connectivity index (χ0) is 13.8. The first kappa shape index (κ1) is 14.2. The van der Waals surface area contributed by atoms with Crippen LogP contribution in [0, 0.1) is 18.8 Å². The number of hydrogen-bond acceptors (Lipinski definition) is 3. The minimum absolute atomic E-state index is 0.0564. The molecule has 1 aliphatic rings. The Morgan fingerprint density at radius 2 is 2.00 bits per heavy atom. The number of rotatable bonds is 4. The van der Waals surface area contributed by atoms with Crippen molar-refractivity contribution < 1.29 is 9.90 Å². The Bertz CT molecular complexity index is 476. The van der Waals surface area contributed by atoms with Crippen LogP contribution in [-0.4, -0.2) is 16.6 Å². The Kier molecular flexibility index (Phi) is 4.70. The number of hydrogen-bond donors (Lipinski definition) is 1. The third-order valence-electron chi connectivity index (χ3n) is 3.60. The molecule has 0 radical (unpaired) electrons. The fourth-order valence-corrected chi connectivity index (χ4v) is 3.36. The zero-order valence-electron chi connectivity index (χ0n) is 11.4. The van der Waals surface area contributed by atoms with E-state index in [2.05, 4.69) is 38.1 Å². The molecule has 0 aliphatic heterocycles. The molecular weight excluding hydrogens is 256 g/mol. The van der Waals surface area contributed by atoms with Gasteiger partial charge in [0.2, 0.25) is 0 Å². The van der Waals surface area contributed by atoms with Crippen molar-refractivity contribution in [1.82, 2.24) is 0 Å². The molecule has 3 heteroatoms. The molecule has 19 heavy (non-hydrogen) atoms. The molecule has 102 valence electrons. The summed E-state index contributed by atoms with van der Waals surface area (Å²) in [5.74, 6) is 1.98. The molecule has 0 saturated heterocycles. The van der Waals surface area contributed by atoms with Crippen molar-refractivity contribution in [2.45, 2.75) is 31.6 Å². The largest absolute Gasteiger partial charge is 0.512 e. The van der Waals surface area contributed by atoms with Crippen LogP contribution in [0.1, 0.15) is 25.3 Å². The Morgan fingerprint density at radius 1 is 1.32 bits per heavy atom. The van der Waals surface area contributed by atoms with Gasteiger partial charge < -0.3 is 5.11 Å². The van der Waals surface area contributed by atoms with E-state index in [1.807, 2.05) is 11.8 Å². The second kappa shape index (κ2) is 6.29. The highest BCUT2D eigenvalue weighted by Gasteiger charge is 2.25. The number of aliphatic hydroxyl groups is 1. The van der Waals surface area contributed by atoms with E-state index >= 15 is 0 Å². The van der Waals surface area contributed by atoms with Crippen LogP contribution in [-0.2, 0) is 4.79 Å². The average Bonchev–Trinajstić information content (AvgIpc) is 2.36. The van der Waals surface area contributed by atoms with Crippen molar-refractivity contribution in [2.24, 2.45) is 11.8 Å². The number of aryl methyl sites for hydroxylation is 1. The molecule has 1 aliphatic carbocycles. The molecule has 2 atom stereocenters. The highest BCUT2D eigenvalue weighted by Crippen LogP contribution is 2.31. The van der Waals surface area contributed by atoms with Gasteiger partial charge in [0, 0.05) is 29.6 Å². The molecule has 2 nitrogen and oxygen atoms in total. The summed E-state index contributed by atoms with van der Waals surface area (Å²) >= 11 is 1.82. The molecule has 0 amide bonds. The van der Waals surface area contributed by atoms with Gasteiger partial charge in [-0.3, -0.25) is 4.79 Å². The zero-order valence-corrected chi connectivity index (χ0v) is 12.2. The summed E-state index contributed by atoms with van der Waals surface area (Å²) in [5, 5.41) is 9.55. The van der Waals surface area contributed by atoms with Crippen molar-refractivity contribution in [3.63, 3.8) is 0 Å². The van der Waals surface area contributed by atoms with E-state index in [0.29, 0.717) is 18.8 Å². The molecule has 0 spiro atoms. The molecule has 0 fully saturated rings. The van der Waals surface area contributed by atoms with Crippen LogP contribution >= 0.6 is 11.8 Å². The van der Waals surface area contributed by atoms with Gasteiger partial charge >= 0.3 is 0 Å². The maximum absolute atomic E-state index is 11.5. The first-order chi connectivity index (χ1) is 9.04. The van der Waals surface area contributed by atoms with Crippen LogP contribution < -0.4 is 0 Å². The fourth-order valence-electron chi connectivity index (χ4n) is 2.30. The van der Waals surface area contributed by atoms with Gasteiger partial charge in [0.15, 0.2) is 5.78 Å². The van der Waals surface area contributed by atoms with Crippen LogP contribution in [0.2, 0.25) is 0 Å². The summed E-state index contributed by atoms with van der Waals surface area (Å²) in [7, 11) is 0. The maximum Gasteiger partial charge on any atom is 0.159 e. The van der Waals surface area contributed by atoms with Crippen molar-refractivity contribution >= 4 is 17.5 Å². The standard InChI is InChI=1S/C16H20O2S/c1-11-3-5-16(6-4-11)19-10-12(2)13-7-14(17)9-15(18)8-13/h3-6,9,12-13,17H,7-8,10H2,1-2H3. The normalized spacial score (nSPS) is 21.1. The first-order valence-corrected chi connectivity index (χ1v) is 7.65. The van der Waals surface area contributed by atoms with Crippen LogP contribution in [0.5, 0.6) is 0 Å². The third-order valence-corrected chi connectivity index (χ3v) is 4.90. The molecule has 1 N–H and O–H groups in total. The summed E-state index contributed by atoms with van der Waals surface area (Å²) in [6, 6.07) is 8.50. The van der Waals surface area contributed by atoms with Gasteiger partial charge in [-0.1, -0.05) is 24.6 Å². The van der Waals surface area contributed by atoms with E-state index in [0.717, 1.165) is 5.75 Å². The van der Waals surface area contributed by atoms with Gasteiger partial charge in [-0.2, -0.15) is 0 Å². The SMILES string of the molecule is Cc1ccc(SCC(C)C2CC(=O)C=C(O)C2)cc1. The second-order valence-electron chi connectivity index (χ2n) is 5.37. The van der Waals surface area contributed by atoms with Gasteiger partial charge in [-0.25, -0.2) is 0 Å². The number of carbonyl (C=O) groups excluding carboxylic acids is 1. The van der Waals surface area contributed by atoms with Gasteiger partial charge in [-0.15, -0.1) is 11.8 Å². The van der Waals surface area contributed by atoms with Gasteiger partial charge in [0.25, 0.3) is 0 Å². The number of aliphatic hydroxyl groups excluding tert-OH is 1. The van der Waals surface area contributed by atoms with E-state index in [4.69, 9.17) is 0 Å². The first-order valence-electron chi connectivity index (χ1n) is 6.66. The van der Waals surface area contributed by atoms with Crippen LogP contribution in [0.25, 0.3) is 0 Å². The lowest BCUT2D eigenvalue weighted by atomic mass is 9.84. The Balaban J connectivity index is 1.87. The summed E-state index contributed by atoms with van der Waals surface area (Å²) in [6.07, 6.45) is 2.58. The summed E-state index contributed by atoms with van der Waals surface area (Å²) in [6.45, 7) is 4.25. The second-order valence-corrected chi connectivity index (χ2v) is 6.47. The molecule has 2 unspecified atom stereocenters. The van der Waals surface area contributed by atoms with Crippen LogP contribution in [0.4, 0.5) is 0 Å². The quantitative estimate of drug-likeness (QED) is 0.840. The number of allylic oxidation sites excluding steroid dienone is 2. The summed E-state index contributed by atoms with van der Waals surface area (Å²) in [4.78, 5) is 12.7. The highest BCUT2D eigenvalue weighted by atomic mass is 32.2. The number of ketones is 1. The minimum atomic E-state index is 0.0564. The van der Waals surface area contributed by atoms with Gasteiger partial charge in [0.1, 0.15) is 0 Å². The van der Waals surface area contributed by atoms with E-state index < -0.39 is 0 Å². The molecule has 1 aromatic rings. The van der Waals surface area contributed by atoms with Gasteiger partial charge in [-0.05, 0) is 30.9 Å². The highest BCUT2D eigenvalue weighted by molar-refractivity contribution is 7.99. The number of benzene rings is 1. The Hall–Kier alpha value is -1.22. The Labute approximate surface area is 118 Å². The van der Waals surface area contributed by atoms with Crippen molar-refractivity contribution in [2.75, 3.05) is 5.75 Å². The smallest absolute Gasteiger partial charge is 0.159 e. The lowest BCUT2D eigenvalue weighted by Crippen LogP contribution is -2.21. The monoisotopic (exact) mass is 276 g/mol. The lowest BCUT2D eigenvalue weighted by Gasteiger charge is -2.25. The predicted molar refractivity (Wildman–Crippen MR) is 79.5 cm³/mol. The molecular formula is C16H20O2S. The number of thioether (sulfide) groups is 1. The minimum Gasteiger partial charge on any atom is -0.512 e. The van der Waals surface area contributed by atoms with Crippen molar-refractivity contribution in [3.8, 4) is 0 Å². The maximum atomic E-state index is 11.5. The molecule has 0 heterocycles. The molecule has 2 rings (SSSR count). The van der Waals surface area contributed by atoms with Gasteiger partial charge in [0.05, 0.1) is 5.76 Å². The van der Waals surface area contributed by atoms with Crippen molar-refractivity contribution in [1.29, 1.82) is 0 Å². The fraction of sp³-hybridized carbons (Fsp3) is 0.438. The number of carbonyl (C=O) groups is 1. The molecule has 1 aromatic carbocycles. The van der Waals surface area contributed by atoms with Crippen LogP contribution in [0.3, 0.4) is 0 Å².